The highest BCUT2D eigenvalue weighted by molar-refractivity contribution is 5.31. The molecule has 1 aromatic rings. The highest BCUT2D eigenvalue weighted by atomic mass is 16.5. The van der Waals surface area contributed by atoms with Gasteiger partial charge in [0.1, 0.15) is 12.4 Å². The average Bonchev–Trinajstić information content (AvgIpc) is 2.28. The number of aryl methyl sites for hydroxylation is 1. The maximum Gasteiger partial charge on any atom is 0.122 e. The molecule has 15 heavy (non-hydrogen) atoms. The SMILES string of the molecule is CCC(O)(CC)COc1ccccc1C. The number of hydrogen-bond acceptors (Lipinski definition) is 2. The molecule has 0 aliphatic carbocycles. The topological polar surface area (TPSA) is 29.5 Å². The van der Waals surface area contributed by atoms with Crippen molar-refractivity contribution in [2.45, 2.75) is 39.2 Å². The Morgan fingerprint density at radius 1 is 1.20 bits per heavy atom. The summed E-state index contributed by atoms with van der Waals surface area (Å²) in [7, 11) is 0. The Kier molecular flexibility index (Phi) is 4.15. The standard InChI is InChI=1S/C13H20O2/c1-4-13(14,5-2)10-15-12-9-7-6-8-11(12)3/h6-9,14H,4-5,10H2,1-3H3. The molecule has 0 spiro atoms. The fourth-order valence-corrected chi connectivity index (χ4v) is 1.38. The first-order valence-electron chi connectivity index (χ1n) is 5.52. The summed E-state index contributed by atoms with van der Waals surface area (Å²) in [4.78, 5) is 0. The number of rotatable bonds is 5. The summed E-state index contributed by atoms with van der Waals surface area (Å²) in [5.74, 6) is 0.859. The molecule has 2 nitrogen and oxygen atoms in total. The number of hydrogen-bond donors (Lipinski definition) is 1. The van der Waals surface area contributed by atoms with E-state index in [2.05, 4.69) is 0 Å². The molecule has 0 aliphatic heterocycles. The lowest BCUT2D eigenvalue weighted by Crippen LogP contribution is -2.34. The second-order valence-electron chi connectivity index (χ2n) is 3.99. The van der Waals surface area contributed by atoms with Gasteiger partial charge in [0, 0.05) is 0 Å². The van der Waals surface area contributed by atoms with Gasteiger partial charge in [-0.1, -0.05) is 32.0 Å². The summed E-state index contributed by atoms with van der Waals surface area (Å²) in [5, 5.41) is 10.1. The minimum atomic E-state index is -0.692. The van der Waals surface area contributed by atoms with Crippen LogP contribution in [0.5, 0.6) is 5.75 Å². The van der Waals surface area contributed by atoms with Gasteiger partial charge in [0.2, 0.25) is 0 Å². The van der Waals surface area contributed by atoms with Gasteiger partial charge in [-0.3, -0.25) is 0 Å². The zero-order valence-corrected chi connectivity index (χ0v) is 9.79. The lowest BCUT2D eigenvalue weighted by molar-refractivity contribution is -0.0115. The molecule has 0 radical (unpaired) electrons. The molecule has 2 heteroatoms. The fraction of sp³-hybridized carbons (Fsp3) is 0.538. The van der Waals surface area contributed by atoms with E-state index in [1.165, 1.54) is 0 Å². The molecular weight excluding hydrogens is 188 g/mol. The van der Waals surface area contributed by atoms with Gasteiger partial charge >= 0.3 is 0 Å². The van der Waals surface area contributed by atoms with Gasteiger partial charge in [-0.05, 0) is 31.4 Å². The molecule has 0 saturated carbocycles. The monoisotopic (exact) mass is 208 g/mol. The molecule has 0 aliphatic rings. The molecule has 0 atom stereocenters. The Bertz CT molecular complexity index is 303. The Morgan fingerprint density at radius 2 is 1.80 bits per heavy atom. The highest BCUT2D eigenvalue weighted by Crippen LogP contribution is 2.20. The average molecular weight is 208 g/mol. The van der Waals surface area contributed by atoms with E-state index in [-0.39, 0.29) is 0 Å². The molecule has 0 fully saturated rings. The number of benzene rings is 1. The third-order valence-corrected chi connectivity index (χ3v) is 2.91. The third kappa shape index (κ3) is 3.24. The van der Waals surface area contributed by atoms with Crippen LogP contribution in [0.2, 0.25) is 0 Å². The van der Waals surface area contributed by atoms with Crippen molar-refractivity contribution in [1.29, 1.82) is 0 Å². The Hall–Kier alpha value is -1.02. The molecule has 0 heterocycles. The zero-order valence-electron chi connectivity index (χ0n) is 9.79. The van der Waals surface area contributed by atoms with E-state index in [4.69, 9.17) is 4.74 Å². The molecule has 0 saturated heterocycles. The Morgan fingerprint density at radius 3 is 2.33 bits per heavy atom. The summed E-state index contributed by atoms with van der Waals surface area (Å²) in [6, 6.07) is 7.86. The Labute approximate surface area is 91.9 Å². The first-order chi connectivity index (χ1) is 7.11. The van der Waals surface area contributed by atoms with Crippen molar-refractivity contribution in [3.05, 3.63) is 29.8 Å². The number of ether oxygens (including phenoxy) is 1. The Balaban J connectivity index is 2.61. The lowest BCUT2D eigenvalue weighted by atomic mass is 9.99. The quantitative estimate of drug-likeness (QED) is 0.806. The van der Waals surface area contributed by atoms with Gasteiger partial charge in [-0.15, -0.1) is 0 Å². The largest absolute Gasteiger partial charge is 0.490 e. The van der Waals surface area contributed by atoms with Crippen LogP contribution in [0.3, 0.4) is 0 Å². The zero-order chi connectivity index (χ0) is 11.3. The fourth-order valence-electron chi connectivity index (χ4n) is 1.38. The van der Waals surface area contributed by atoms with Gasteiger partial charge in [0.15, 0.2) is 0 Å². The smallest absolute Gasteiger partial charge is 0.122 e. The minimum Gasteiger partial charge on any atom is -0.490 e. The molecule has 0 aromatic heterocycles. The lowest BCUT2D eigenvalue weighted by Gasteiger charge is -2.25. The van der Waals surface area contributed by atoms with Crippen molar-refractivity contribution in [3.63, 3.8) is 0 Å². The molecule has 0 unspecified atom stereocenters. The summed E-state index contributed by atoms with van der Waals surface area (Å²) in [5.41, 5.74) is 0.412. The van der Waals surface area contributed by atoms with Crippen LogP contribution in [0.15, 0.2) is 24.3 Å². The molecule has 0 bridgehead atoms. The maximum absolute atomic E-state index is 10.1. The van der Waals surface area contributed by atoms with Crippen LogP contribution >= 0.6 is 0 Å². The first kappa shape index (κ1) is 12.1. The van der Waals surface area contributed by atoms with Crippen LogP contribution in [0, 0.1) is 6.92 Å². The van der Waals surface area contributed by atoms with Gasteiger partial charge in [0.05, 0.1) is 5.60 Å². The van der Waals surface area contributed by atoms with Crippen LogP contribution < -0.4 is 4.74 Å². The molecule has 1 N–H and O–H groups in total. The van der Waals surface area contributed by atoms with Crippen molar-refractivity contribution in [2.75, 3.05) is 6.61 Å². The van der Waals surface area contributed by atoms with Crippen LogP contribution in [-0.2, 0) is 0 Å². The second kappa shape index (κ2) is 5.17. The normalized spacial score (nSPS) is 11.5. The summed E-state index contributed by atoms with van der Waals surface area (Å²) < 4.78 is 5.63. The van der Waals surface area contributed by atoms with Crippen LogP contribution in [0.4, 0.5) is 0 Å². The van der Waals surface area contributed by atoms with Gasteiger partial charge in [-0.2, -0.15) is 0 Å². The predicted octanol–water partition coefficient (Wildman–Crippen LogP) is 2.92. The molecule has 1 rings (SSSR count). The van der Waals surface area contributed by atoms with E-state index >= 15 is 0 Å². The van der Waals surface area contributed by atoms with Crippen molar-refractivity contribution >= 4 is 0 Å². The summed E-state index contributed by atoms with van der Waals surface area (Å²) >= 11 is 0. The van der Waals surface area contributed by atoms with Crippen molar-refractivity contribution in [3.8, 4) is 5.75 Å². The number of para-hydroxylation sites is 1. The first-order valence-corrected chi connectivity index (χ1v) is 5.52. The second-order valence-corrected chi connectivity index (χ2v) is 3.99. The van der Waals surface area contributed by atoms with Crippen LogP contribution in [-0.4, -0.2) is 17.3 Å². The molecular formula is C13H20O2. The van der Waals surface area contributed by atoms with E-state index in [9.17, 15) is 5.11 Å². The molecule has 84 valence electrons. The maximum atomic E-state index is 10.1. The predicted molar refractivity (Wildman–Crippen MR) is 62.2 cm³/mol. The van der Waals surface area contributed by atoms with E-state index < -0.39 is 5.60 Å². The van der Waals surface area contributed by atoms with E-state index in [1.807, 2.05) is 45.0 Å². The summed E-state index contributed by atoms with van der Waals surface area (Å²) in [6.45, 7) is 6.33. The minimum absolute atomic E-state index is 0.366. The van der Waals surface area contributed by atoms with Crippen LogP contribution in [0.25, 0.3) is 0 Å². The van der Waals surface area contributed by atoms with Gasteiger partial charge in [-0.25, -0.2) is 0 Å². The highest BCUT2D eigenvalue weighted by Gasteiger charge is 2.23. The van der Waals surface area contributed by atoms with E-state index in [0.29, 0.717) is 6.61 Å². The molecule has 1 aromatic carbocycles. The van der Waals surface area contributed by atoms with Crippen molar-refractivity contribution < 1.29 is 9.84 Å². The van der Waals surface area contributed by atoms with Gasteiger partial charge < -0.3 is 9.84 Å². The third-order valence-electron chi connectivity index (χ3n) is 2.91. The van der Waals surface area contributed by atoms with Crippen molar-refractivity contribution in [2.24, 2.45) is 0 Å². The van der Waals surface area contributed by atoms with Gasteiger partial charge in [0.25, 0.3) is 0 Å². The van der Waals surface area contributed by atoms with E-state index in [0.717, 1.165) is 24.2 Å². The molecule has 0 amide bonds. The van der Waals surface area contributed by atoms with E-state index in [1.54, 1.807) is 0 Å². The number of aliphatic hydroxyl groups is 1. The van der Waals surface area contributed by atoms with Crippen molar-refractivity contribution in [1.82, 2.24) is 0 Å². The van der Waals surface area contributed by atoms with Crippen LogP contribution in [0.1, 0.15) is 32.3 Å². The summed E-state index contributed by atoms with van der Waals surface area (Å²) in [6.07, 6.45) is 1.44.